The van der Waals surface area contributed by atoms with Gasteiger partial charge in [0, 0.05) is 41.4 Å². The lowest BCUT2D eigenvalue weighted by atomic mass is 10.0. The summed E-state index contributed by atoms with van der Waals surface area (Å²) in [6.07, 6.45) is 0.344. The number of halogens is 3. The van der Waals surface area contributed by atoms with Crippen LogP contribution in [-0.2, 0) is 28.3 Å². The van der Waals surface area contributed by atoms with Crippen LogP contribution in [0.4, 0.5) is 4.39 Å². The molecule has 3 rings (SSSR count). The molecule has 1 N–H and O–H groups in total. The standard InChI is InChI=1S/C26H25Cl2FN2O2S/c1-30-26(33)24(14-18-6-3-2-4-7-18)31(15-21-22(27)8-5-9-23(21)28)25(32)17-34-16-19-10-12-20(29)13-11-19/h2-13,24H,14-17H2,1H3,(H,30,33)/t24-/m1/s1. The Bertz CT molecular complexity index is 1090. The molecule has 0 spiro atoms. The second kappa shape index (κ2) is 12.8. The summed E-state index contributed by atoms with van der Waals surface area (Å²) in [6.45, 7) is 0.0966. The molecular formula is C26H25Cl2FN2O2S. The highest BCUT2D eigenvalue weighted by molar-refractivity contribution is 7.99. The van der Waals surface area contributed by atoms with Crippen LogP contribution in [0.2, 0.25) is 10.0 Å². The number of amides is 2. The van der Waals surface area contributed by atoms with Gasteiger partial charge in [-0.1, -0.05) is 71.7 Å². The molecule has 0 aliphatic rings. The molecule has 178 valence electrons. The van der Waals surface area contributed by atoms with Crippen molar-refractivity contribution < 1.29 is 14.0 Å². The van der Waals surface area contributed by atoms with E-state index in [2.05, 4.69) is 5.32 Å². The molecule has 1 atom stereocenters. The van der Waals surface area contributed by atoms with E-state index in [0.717, 1.165) is 11.1 Å². The van der Waals surface area contributed by atoms with Gasteiger partial charge in [-0.15, -0.1) is 11.8 Å². The molecule has 0 aromatic heterocycles. The van der Waals surface area contributed by atoms with Crippen LogP contribution in [-0.4, -0.2) is 35.6 Å². The van der Waals surface area contributed by atoms with Gasteiger partial charge in [0.2, 0.25) is 11.8 Å². The van der Waals surface area contributed by atoms with Crippen LogP contribution in [0, 0.1) is 5.82 Å². The minimum Gasteiger partial charge on any atom is -0.357 e. The maximum absolute atomic E-state index is 13.4. The first-order valence-electron chi connectivity index (χ1n) is 10.7. The highest BCUT2D eigenvalue weighted by atomic mass is 35.5. The maximum atomic E-state index is 13.4. The molecule has 8 heteroatoms. The van der Waals surface area contributed by atoms with Gasteiger partial charge in [0.05, 0.1) is 5.75 Å². The predicted octanol–water partition coefficient (Wildman–Crippen LogP) is 5.75. The second-order valence-corrected chi connectivity index (χ2v) is 9.46. The predicted molar refractivity (Wildman–Crippen MR) is 138 cm³/mol. The Hall–Kier alpha value is -2.54. The molecule has 0 aliphatic carbocycles. The second-order valence-electron chi connectivity index (χ2n) is 7.66. The van der Waals surface area contributed by atoms with Crippen LogP contribution in [0.3, 0.4) is 0 Å². The molecule has 3 aromatic carbocycles. The van der Waals surface area contributed by atoms with Gasteiger partial charge in [0.15, 0.2) is 0 Å². The quantitative estimate of drug-likeness (QED) is 0.371. The summed E-state index contributed by atoms with van der Waals surface area (Å²) in [7, 11) is 1.55. The van der Waals surface area contributed by atoms with Crippen molar-refractivity contribution in [3.05, 3.63) is 105 Å². The van der Waals surface area contributed by atoms with Gasteiger partial charge in [0.25, 0.3) is 0 Å². The number of hydrogen-bond donors (Lipinski definition) is 1. The number of nitrogens with one attached hydrogen (secondary N) is 1. The summed E-state index contributed by atoms with van der Waals surface area (Å²) in [5, 5.41) is 3.54. The number of nitrogens with zero attached hydrogens (tertiary/aromatic N) is 1. The van der Waals surface area contributed by atoms with E-state index in [1.165, 1.54) is 28.8 Å². The van der Waals surface area contributed by atoms with Gasteiger partial charge in [-0.2, -0.15) is 0 Å². The van der Waals surface area contributed by atoms with Crippen molar-refractivity contribution in [1.82, 2.24) is 10.2 Å². The van der Waals surface area contributed by atoms with Gasteiger partial charge < -0.3 is 10.2 Å². The van der Waals surface area contributed by atoms with Crippen LogP contribution < -0.4 is 5.32 Å². The molecule has 0 fully saturated rings. The smallest absolute Gasteiger partial charge is 0.242 e. The summed E-state index contributed by atoms with van der Waals surface area (Å²) < 4.78 is 13.2. The number of carbonyl (C=O) groups excluding carboxylic acids is 2. The SMILES string of the molecule is CNC(=O)[C@@H](Cc1ccccc1)N(Cc1c(Cl)cccc1Cl)C(=O)CSCc1ccc(F)cc1. The fourth-order valence-electron chi connectivity index (χ4n) is 3.49. The third kappa shape index (κ3) is 7.23. The summed E-state index contributed by atoms with van der Waals surface area (Å²) >= 11 is 14.2. The lowest BCUT2D eigenvalue weighted by molar-refractivity contribution is -0.139. The Morgan fingerprint density at radius 3 is 2.21 bits per heavy atom. The van der Waals surface area contributed by atoms with Crippen LogP contribution >= 0.6 is 35.0 Å². The average Bonchev–Trinajstić information content (AvgIpc) is 2.84. The van der Waals surface area contributed by atoms with Crippen LogP contribution in [0.15, 0.2) is 72.8 Å². The van der Waals surface area contributed by atoms with E-state index in [4.69, 9.17) is 23.2 Å². The average molecular weight is 519 g/mol. The minimum absolute atomic E-state index is 0.0966. The van der Waals surface area contributed by atoms with Crippen molar-refractivity contribution in [2.45, 2.75) is 24.8 Å². The third-order valence-corrected chi connectivity index (χ3v) is 7.01. The van der Waals surface area contributed by atoms with E-state index in [1.807, 2.05) is 30.3 Å². The molecule has 3 aromatic rings. The monoisotopic (exact) mass is 518 g/mol. The number of carbonyl (C=O) groups is 2. The zero-order chi connectivity index (χ0) is 24.5. The Morgan fingerprint density at radius 2 is 1.59 bits per heavy atom. The molecule has 0 saturated heterocycles. The Kier molecular flexibility index (Phi) is 9.81. The lowest BCUT2D eigenvalue weighted by Crippen LogP contribution is -2.50. The molecule has 0 aliphatic heterocycles. The van der Waals surface area contributed by atoms with Crippen molar-refractivity contribution in [3.8, 4) is 0 Å². The van der Waals surface area contributed by atoms with E-state index in [9.17, 15) is 14.0 Å². The Balaban J connectivity index is 1.85. The van der Waals surface area contributed by atoms with Gasteiger partial charge in [-0.3, -0.25) is 9.59 Å². The van der Waals surface area contributed by atoms with Gasteiger partial charge in [0.1, 0.15) is 11.9 Å². The van der Waals surface area contributed by atoms with Crippen molar-refractivity contribution in [3.63, 3.8) is 0 Å². The summed E-state index contributed by atoms with van der Waals surface area (Å²) in [6, 6.07) is 20.1. The molecule has 0 radical (unpaired) electrons. The molecule has 0 saturated carbocycles. The fourth-order valence-corrected chi connectivity index (χ4v) is 4.88. The lowest BCUT2D eigenvalue weighted by Gasteiger charge is -2.31. The van der Waals surface area contributed by atoms with Gasteiger partial charge in [-0.05, 0) is 35.4 Å². The fraction of sp³-hybridized carbons (Fsp3) is 0.231. The third-order valence-electron chi connectivity index (χ3n) is 5.32. The van der Waals surface area contributed by atoms with Gasteiger partial charge in [-0.25, -0.2) is 4.39 Å². The number of rotatable bonds is 10. The van der Waals surface area contributed by atoms with Crippen molar-refractivity contribution in [2.75, 3.05) is 12.8 Å². The Morgan fingerprint density at radius 1 is 0.941 bits per heavy atom. The molecule has 0 unspecified atom stereocenters. The summed E-state index contributed by atoms with van der Waals surface area (Å²) in [5.74, 6) is -0.115. The first kappa shape index (κ1) is 26.1. The minimum atomic E-state index is -0.751. The van der Waals surface area contributed by atoms with Crippen molar-refractivity contribution in [2.24, 2.45) is 0 Å². The molecule has 34 heavy (non-hydrogen) atoms. The molecule has 0 bridgehead atoms. The van der Waals surface area contributed by atoms with E-state index in [-0.39, 0.29) is 29.9 Å². The normalized spacial score (nSPS) is 11.6. The number of hydrogen-bond acceptors (Lipinski definition) is 3. The summed E-state index contributed by atoms with van der Waals surface area (Å²) in [4.78, 5) is 27.9. The first-order valence-corrected chi connectivity index (χ1v) is 12.6. The largest absolute Gasteiger partial charge is 0.357 e. The highest BCUT2D eigenvalue weighted by Gasteiger charge is 2.30. The van der Waals surface area contributed by atoms with E-state index in [1.54, 1.807) is 37.4 Å². The zero-order valence-corrected chi connectivity index (χ0v) is 21.0. The van der Waals surface area contributed by atoms with Crippen LogP contribution in [0.1, 0.15) is 16.7 Å². The van der Waals surface area contributed by atoms with E-state index < -0.39 is 6.04 Å². The number of benzene rings is 3. The molecule has 2 amide bonds. The first-order chi connectivity index (χ1) is 16.4. The van der Waals surface area contributed by atoms with E-state index in [0.29, 0.717) is 27.8 Å². The van der Waals surface area contributed by atoms with Gasteiger partial charge >= 0.3 is 0 Å². The highest BCUT2D eigenvalue weighted by Crippen LogP contribution is 2.27. The molecular weight excluding hydrogens is 494 g/mol. The number of likely N-dealkylation sites (N-methyl/N-ethyl adjacent to an activating group) is 1. The van der Waals surface area contributed by atoms with Crippen LogP contribution in [0.25, 0.3) is 0 Å². The van der Waals surface area contributed by atoms with Crippen molar-refractivity contribution in [1.29, 1.82) is 0 Å². The zero-order valence-electron chi connectivity index (χ0n) is 18.6. The summed E-state index contributed by atoms with van der Waals surface area (Å²) in [5.41, 5.74) is 2.43. The molecule has 0 heterocycles. The topological polar surface area (TPSA) is 49.4 Å². The molecule has 4 nitrogen and oxygen atoms in total. The maximum Gasteiger partial charge on any atom is 0.242 e. The van der Waals surface area contributed by atoms with Crippen LogP contribution in [0.5, 0.6) is 0 Å². The van der Waals surface area contributed by atoms with Crippen molar-refractivity contribution >= 4 is 46.8 Å². The number of thioether (sulfide) groups is 1. The Labute approximate surface area is 213 Å². The van der Waals surface area contributed by atoms with E-state index >= 15 is 0 Å².